The molecule has 1 saturated carbocycles. The molecule has 0 radical (unpaired) electrons. The summed E-state index contributed by atoms with van der Waals surface area (Å²) in [5, 5.41) is 9.42. The molecule has 1 aliphatic rings. The molecule has 0 amide bonds. The maximum atomic E-state index is 13.0. The molecule has 6 nitrogen and oxygen atoms in total. The van der Waals surface area contributed by atoms with Crippen molar-refractivity contribution in [1.29, 1.82) is 5.26 Å². The summed E-state index contributed by atoms with van der Waals surface area (Å²) in [6, 6.07) is 5.62. The zero-order chi connectivity index (χ0) is 22.0. The Balaban J connectivity index is 2.52. The zero-order valence-electron chi connectivity index (χ0n) is 16.4. The number of benzene rings is 1. The number of hydrogen-bond donors (Lipinski definition) is 2. The summed E-state index contributed by atoms with van der Waals surface area (Å²) in [6.45, 7) is 5.04. The van der Waals surface area contributed by atoms with Gasteiger partial charge in [-0.25, -0.2) is 13.1 Å². The molecule has 0 bridgehead atoms. The Hall–Kier alpha value is -2.38. The predicted molar refractivity (Wildman–Crippen MR) is 104 cm³/mol. The average Bonchev–Trinajstić information content (AvgIpc) is 2.59. The minimum absolute atomic E-state index is 0.0511. The second-order valence-electron chi connectivity index (χ2n) is 7.80. The van der Waals surface area contributed by atoms with E-state index in [4.69, 9.17) is 5.73 Å². The lowest BCUT2D eigenvalue weighted by Crippen LogP contribution is -2.40. The molecule has 1 aliphatic carbocycles. The van der Waals surface area contributed by atoms with Crippen LogP contribution in [0.25, 0.3) is 0 Å². The number of allylic oxidation sites excluding steroid dienone is 2. The average molecular weight is 428 g/mol. The van der Waals surface area contributed by atoms with Crippen LogP contribution >= 0.6 is 0 Å². The van der Waals surface area contributed by atoms with Gasteiger partial charge in [-0.1, -0.05) is 0 Å². The first-order valence-corrected chi connectivity index (χ1v) is 10.4. The number of sulfonamides is 1. The molecule has 0 aliphatic heterocycles. The first kappa shape index (κ1) is 22.9. The molecule has 158 valence electrons. The Bertz CT molecular complexity index is 998. The third-order valence-corrected chi connectivity index (χ3v) is 5.92. The van der Waals surface area contributed by atoms with Gasteiger partial charge in [-0.05, 0) is 64.7 Å². The Labute approximate surface area is 168 Å². The number of rotatable bonds is 3. The number of aliphatic imine (C=N–C) groups is 1. The van der Waals surface area contributed by atoms with Crippen molar-refractivity contribution >= 4 is 21.4 Å². The summed E-state index contributed by atoms with van der Waals surface area (Å²) in [5.41, 5.74) is 3.56. The number of nitrogens with two attached hydrogens (primary N) is 1. The van der Waals surface area contributed by atoms with Gasteiger partial charge in [0, 0.05) is 16.8 Å². The molecule has 1 aromatic rings. The zero-order valence-corrected chi connectivity index (χ0v) is 17.2. The van der Waals surface area contributed by atoms with Gasteiger partial charge in [0.2, 0.25) is 10.0 Å². The third-order valence-electron chi connectivity index (χ3n) is 4.16. The monoisotopic (exact) mass is 428 g/mol. The molecular formula is C19H23F3N4O2S. The largest absolute Gasteiger partial charge is 0.431 e. The summed E-state index contributed by atoms with van der Waals surface area (Å²) >= 11 is 0. The number of halogens is 3. The summed E-state index contributed by atoms with van der Waals surface area (Å²) in [7, 11) is -3.87. The molecule has 29 heavy (non-hydrogen) atoms. The molecule has 0 aromatic heterocycles. The second kappa shape index (κ2) is 8.16. The molecule has 10 heteroatoms. The molecule has 0 spiro atoms. The van der Waals surface area contributed by atoms with Crippen molar-refractivity contribution in [2.24, 2.45) is 10.7 Å². The summed E-state index contributed by atoms with van der Waals surface area (Å²) in [5.74, 6) is 0. The molecule has 0 saturated heterocycles. The van der Waals surface area contributed by atoms with E-state index in [1.807, 2.05) is 6.07 Å². The van der Waals surface area contributed by atoms with Gasteiger partial charge in [0.1, 0.15) is 11.8 Å². The van der Waals surface area contributed by atoms with Gasteiger partial charge in [0.25, 0.3) is 0 Å². The van der Waals surface area contributed by atoms with Gasteiger partial charge in [0.05, 0.1) is 16.1 Å². The summed E-state index contributed by atoms with van der Waals surface area (Å²) in [4.78, 5) is 4.12. The highest BCUT2D eigenvalue weighted by atomic mass is 32.2. The molecule has 3 N–H and O–H groups in total. The van der Waals surface area contributed by atoms with Crippen molar-refractivity contribution in [2.45, 2.75) is 63.1 Å². The van der Waals surface area contributed by atoms with Crippen LogP contribution in [-0.2, 0) is 10.0 Å². The van der Waals surface area contributed by atoms with Crippen molar-refractivity contribution in [3.63, 3.8) is 0 Å². The van der Waals surface area contributed by atoms with Crippen LogP contribution in [0.4, 0.5) is 18.9 Å². The lowest BCUT2D eigenvalue weighted by atomic mass is 9.91. The van der Waals surface area contributed by atoms with Gasteiger partial charge in [0.15, 0.2) is 0 Å². The first-order chi connectivity index (χ1) is 13.2. The fourth-order valence-corrected chi connectivity index (χ4v) is 4.39. The highest BCUT2D eigenvalue weighted by Gasteiger charge is 2.36. The standard InChI is InChI=1S/C19H23F3N4O2S/c1-18(2,3)26-29(27,28)13-8-9-15(12(10-13)11-23)25-16-7-5-4-6-14(16)17(24)19(20,21)22/h8-10,26H,4-7,24H2,1-3H3. The Kier molecular flexibility index (Phi) is 6.45. The van der Waals surface area contributed by atoms with Gasteiger partial charge in [-0.15, -0.1) is 0 Å². The van der Waals surface area contributed by atoms with Crippen LogP contribution in [-0.4, -0.2) is 25.8 Å². The Morgan fingerprint density at radius 2 is 1.83 bits per heavy atom. The topological polar surface area (TPSA) is 108 Å². The summed E-state index contributed by atoms with van der Waals surface area (Å²) in [6.07, 6.45) is -3.01. The van der Waals surface area contributed by atoms with Crippen LogP contribution in [0.5, 0.6) is 0 Å². The molecule has 1 aromatic carbocycles. The number of nitriles is 1. The Morgan fingerprint density at radius 3 is 2.38 bits per heavy atom. The van der Waals surface area contributed by atoms with Crippen molar-refractivity contribution < 1.29 is 21.6 Å². The molecule has 1 fully saturated rings. The SMILES string of the molecule is CC(C)(C)NS(=O)(=O)c1ccc(N=C2CCCCC2=C(N)C(F)(F)F)c(C#N)c1. The van der Waals surface area contributed by atoms with Gasteiger partial charge in [-0.2, -0.15) is 18.4 Å². The van der Waals surface area contributed by atoms with Crippen molar-refractivity contribution in [3.05, 3.63) is 35.0 Å². The Morgan fingerprint density at radius 1 is 1.21 bits per heavy atom. The predicted octanol–water partition coefficient (Wildman–Crippen LogP) is 4.06. The smallest absolute Gasteiger partial charge is 0.394 e. The van der Waals surface area contributed by atoms with E-state index in [1.54, 1.807) is 20.8 Å². The number of nitrogens with one attached hydrogen (secondary N) is 1. The van der Waals surface area contributed by atoms with Crippen LogP contribution in [0.3, 0.4) is 0 Å². The van der Waals surface area contributed by atoms with Crippen LogP contribution < -0.4 is 10.5 Å². The minimum atomic E-state index is -4.66. The third kappa shape index (κ3) is 5.81. The van der Waals surface area contributed by atoms with Crippen LogP contribution in [0, 0.1) is 11.3 Å². The maximum Gasteiger partial charge on any atom is 0.431 e. The van der Waals surface area contributed by atoms with E-state index in [0.717, 1.165) is 6.07 Å². The molecule has 0 unspecified atom stereocenters. The van der Waals surface area contributed by atoms with E-state index in [1.165, 1.54) is 12.1 Å². The van der Waals surface area contributed by atoms with Gasteiger partial charge < -0.3 is 5.73 Å². The highest BCUT2D eigenvalue weighted by molar-refractivity contribution is 7.89. The minimum Gasteiger partial charge on any atom is -0.394 e. The van der Waals surface area contributed by atoms with Crippen molar-refractivity contribution in [1.82, 2.24) is 4.72 Å². The van der Waals surface area contributed by atoms with Gasteiger partial charge >= 0.3 is 6.18 Å². The maximum absolute atomic E-state index is 13.0. The molecule has 2 rings (SSSR count). The van der Waals surface area contributed by atoms with Crippen molar-refractivity contribution in [3.8, 4) is 6.07 Å². The number of hydrogen-bond acceptors (Lipinski definition) is 5. The lowest BCUT2D eigenvalue weighted by Gasteiger charge is -2.21. The van der Waals surface area contributed by atoms with E-state index in [9.17, 15) is 26.9 Å². The number of nitrogens with zero attached hydrogens (tertiary/aromatic N) is 2. The van der Waals surface area contributed by atoms with Crippen LogP contribution in [0.1, 0.15) is 52.0 Å². The van der Waals surface area contributed by atoms with E-state index >= 15 is 0 Å². The highest BCUT2D eigenvalue weighted by Crippen LogP contribution is 2.33. The van der Waals surface area contributed by atoms with Crippen LogP contribution in [0.15, 0.2) is 39.4 Å². The second-order valence-corrected chi connectivity index (χ2v) is 9.48. The number of alkyl halides is 3. The fourth-order valence-electron chi connectivity index (χ4n) is 2.95. The van der Waals surface area contributed by atoms with E-state index in [0.29, 0.717) is 19.3 Å². The summed E-state index contributed by atoms with van der Waals surface area (Å²) < 4.78 is 66.5. The fraction of sp³-hybridized carbons (Fsp3) is 0.474. The lowest BCUT2D eigenvalue weighted by molar-refractivity contribution is -0.0933. The van der Waals surface area contributed by atoms with Gasteiger partial charge in [-0.3, -0.25) is 4.99 Å². The quantitative estimate of drug-likeness (QED) is 0.757. The van der Waals surface area contributed by atoms with E-state index in [2.05, 4.69) is 9.71 Å². The van der Waals surface area contributed by atoms with Crippen LogP contribution in [0.2, 0.25) is 0 Å². The van der Waals surface area contributed by atoms with E-state index in [-0.39, 0.29) is 33.9 Å². The molecule has 0 atom stereocenters. The molecular weight excluding hydrogens is 405 g/mol. The molecule has 0 heterocycles. The normalized spacial score (nSPS) is 19.1. The van der Waals surface area contributed by atoms with E-state index < -0.39 is 27.4 Å². The first-order valence-electron chi connectivity index (χ1n) is 8.96. The van der Waals surface area contributed by atoms with Crippen molar-refractivity contribution in [2.75, 3.05) is 0 Å².